The maximum atomic E-state index is 11.7. The molecule has 5 heteroatoms. The second kappa shape index (κ2) is 4.25. The number of nitrogens with one attached hydrogen (secondary N) is 1. The highest BCUT2D eigenvalue weighted by atomic mass is 16.5. The summed E-state index contributed by atoms with van der Waals surface area (Å²) in [5, 5.41) is 16.3. The van der Waals surface area contributed by atoms with Crippen molar-refractivity contribution < 1.29 is 14.4 Å². The first-order valence-corrected chi connectivity index (χ1v) is 5.53. The lowest BCUT2D eigenvalue weighted by Crippen LogP contribution is -2.40. The Bertz CT molecular complexity index is 380. The highest BCUT2D eigenvalue weighted by molar-refractivity contribution is 5.94. The minimum Gasteiger partial charge on any atom is -0.388 e. The lowest BCUT2D eigenvalue weighted by atomic mass is 10.0. The molecule has 16 heavy (non-hydrogen) atoms. The van der Waals surface area contributed by atoms with Crippen molar-refractivity contribution in [2.45, 2.75) is 38.2 Å². The predicted molar refractivity (Wildman–Crippen MR) is 57.0 cm³/mol. The molecule has 1 aromatic rings. The first-order chi connectivity index (χ1) is 7.61. The van der Waals surface area contributed by atoms with Gasteiger partial charge in [0.25, 0.3) is 5.91 Å². The van der Waals surface area contributed by atoms with Crippen molar-refractivity contribution in [3.05, 3.63) is 17.5 Å². The van der Waals surface area contributed by atoms with E-state index >= 15 is 0 Å². The number of carbonyl (C=O) groups is 1. The monoisotopic (exact) mass is 224 g/mol. The Kier molecular flexibility index (Phi) is 2.96. The Morgan fingerprint density at radius 3 is 2.88 bits per heavy atom. The van der Waals surface area contributed by atoms with E-state index < -0.39 is 5.60 Å². The van der Waals surface area contributed by atoms with Crippen molar-refractivity contribution in [3.63, 3.8) is 0 Å². The molecule has 2 N–H and O–H groups in total. The van der Waals surface area contributed by atoms with E-state index in [-0.39, 0.29) is 5.91 Å². The van der Waals surface area contributed by atoms with Gasteiger partial charge in [-0.05, 0) is 19.8 Å². The van der Waals surface area contributed by atoms with Crippen molar-refractivity contribution in [1.29, 1.82) is 0 Å². The standard InChI is InChI=1S/C11H16N2O3/c1-8-9(6-13-16-8)10(14)12-7-11(15)4-2-3-5-11/h6,15H,2-5,7H2,1H3,(H,12,14). The summed E-state index contributed by atoms with van der Waals surface area (Å²) in [5.41, 5.74) is -0.289. The van der Waals surface area contributed by atoms with Crippen LogP contribution in [0.5, 0.6) is 0 Å². The molecule has 1 aliphatic carbocycles. The minimum absolute atomic E-state index is 0.237. The smallest absolute Gasteiger partial charge is 0.256 e. The lowest BCUT2D eigenvalue weighted by molar-refractivity contribution is 0.0449. The number of hydrogen-bond acceptors (Lipinski definition) is 4. The number of aryl methyl sites for hydroxylation is 1. The Morgan fingerprint density at radius 2 is 2.31 bits per heavy atom. The van der Waals surface area contributed by atoms with Crippen LogP contribution in [0.15, 0.2) is 10.7 Å². The van der Waals surface area contributed by atoms with E-state index in [4.69, 9.17) is 4.52 Å². The van der Waals surface area contributed by atoms with Gasteiger partial charge in [0, 0.05) is 6.54 Å². The van der Waals surface area contributed by atoms with Crippen LogP contribution in [0.4, 0.5) is 0 Å². The Hall–Kier alpha value is -1.36. The van der Waals surface area contributed by atoms with Crippen LogP contribution in [0.3, 0.4) is 0 Å². The van der Waals surface area contributed by atoms with Crippen molar-refractivity contribution in [2.75, 3.05) is 6.54 Å². The Labute approximate surface area is 93.8 Å². The number of nitrogens with zero attached hydrogens (tertiary/aromatic N) is 1. The van der Waals surface area contributed by atoms with Gasteiger partial charge < -0.3 is 14.9 Å². The highest BCUT2D eigenvalue weighted by Crippen LogP contribution is 2.28. The molecule has 1 saturated carbocycles. The molecule has 1 aromatic heterocycles. The topological polar surface area (TPSA) is 75.4 Å². The van der Waals surface area contributed by atoms with E-state index in [0.29, 0.717) is 17.9 Å². The molecule has 0 aliphatic heterocycles. The van der Waals surface area contributed by atoms with Crippen LogP contribution in [0.1, 0.15) is 41.8 Å². The van der Waals surface area contributed by atoms with E-state index in [1.165, 1.54) is 6.20 Å². The molecule has 1 amide bonds. The van der Waals surface area contributed by atoms with Gasteiger partial charge in [0.1, 0.15) is 11.3 Å². The summed E-state index contributed by atoms with van der Waals surface area (Å²) in [5.74, 6) is 0.259. The predicted octanol–water partition coefficient (Wildman–Crippen LogP) is 1.02. The largest absolute Gasteiger partial charge is 0.388 e. The van der Waals surface area contributed by atoms with Gasteiger partial charge in [-0.15, -0.1) is 0 Å². The van der Waals surface area contributed by atoms with Crippen LogP contribution in [-0.2, 0) is 0 Å². The third kappa shape index (κ3) is 2.24. The molecule has 2 rings (SSSR count). The third-order valence-electron chi connectivity index (χ3n) is 3.11. The molecular formula is C11H16N2O3. The number of aromatic nitrogens is 1. The molecule has 0 radical (unpaired) electrons. The zero-order valence-electron chi connectivity index (χ0n) is 9.32. The summed E-state index contributed by atoms with van der Waals surface area (Å²) < 4.78 is 4.81. The molecule has 1 fully saturated rings. The fraction of sp³-hybridized carbons (Fsp3) is 0.636. The number of aliphatic hydroxyl groups is 1. The fourth-order valence-electron chi connectivity index (χ4n) is 2.07. The van der Waals surface area contributed by atoms with Gasteiger partial charge in [0.15, 0.2) is 0 Å². The molecule has 1 aliphatic rings. The molecule has 0 bridgehead atoms. The van der Waals surface area contributed by atoms with Crippen molar-refractivity contribution in [1.82, 2.24) is 10.5 Å². The molecular weight excluding hydrogens is 208 g/mol. The summed E-state index contributed by atoms with van der Waals surface area (Å²) in [6.45, 7) is 1.99. The van der Waals surface area contributed by atoms with E-state index in [0.717, 1.165) is 25.7 Å². The maximum absolute atomic E-state index is 11.7. The summed E-state index contributed by atoms with van der Waals surface area (Å²) >= 11 is 0. The van der Waals surface area contributed by atoms with Crippen LogP contribution in [0, 0.1) is 6.92 Å². The van der Waals surface area contributed by atoms with Gasteiger partial charge in [0.2, 0.25) is 0 Å². The van der Waals surface area contributed by atoms with Gasteiger partial charge in [-0.2, -0.15) is 0 Å². The maximum Gasteiger partial charge on any atom is 0.256 e. The van der Waals surface area contributed by atoms with Crippen LogP contribution in [0.2, 0.25) is 0 Å². The van der Waals surface area contributed by atoms with Crippen molar-refractivity contribution in [3.8, 4) is 0 Å². The van der Waals surface area contributed by atoms with Crippen LogP contribution in [0.25, 0.3) is 0 Å². The summed E-state index contributed by atoms with van der Waals surface area (Å²) in [6, 6.07) is 0. The molecule has 0 spiro atoms. The second-order valence-electron chi connectivity index (χ2n) is 4.41. The van der Waals surface area contributed by atoms with Crippen LogP contribution in [-0.4, -0.2) is 28.3 Å². The summed E-state index contributed by atoms with van der Waals surface area (Å²) in [6.07, 6.45) is 4.96. The summed E-state index contributed by atoms with van der Waals surface area (Å²) in [7, 11) is 0. The first-order valence-electron chi connectivity index (χ1n) is 5.53. The minimum atomic E-state index is -0.721. The van der Waals surface area contributed by atoms with Gasteiger partial charge in [-0.3, -0.25) is 4.79 Å². The van der Waals surface area contributed by atoms with Crippen molar-refractivity contribution in [2.24, 2.45) is 0 Å². The zero-order valence-corrected chi connectivity index (χ0v) is 9.32. The quantitative estimate of drug-likeness (QED) is 0.803. The number of amides is 1. The molecule has 5 nitrogen and oxygen atoms in total. The van der Waals surface area contributed by atoms with Gasteiger partial charge in [-0.1, -0.05) is 18.0 Å². The zero-order chi connectivity index (χ0) is 11.6. The normalized spacial score (nSPS) is 18.6. The molecule has 1 heterocycles. The van der Waals surface area contributed by atoms with Crippen LogP contribution < -0.4 is 5.32 Å². The Morgan fingerprint density at radius 1 is 1.62 bits per heavy atom. The SMILES string of the molecule is Cc1oncc1C(=O)NCC1(O)CCCC1. The average molecular weight is 224 g/mol. The molecule has 0 atom stereocenters. The molecule has 0 aromatic carbocycles. The number of rotatable bonds is 3. The van der Waals surface area contributed by atoms with Gasteiger partial charge >= 0.3 is 0 Å². The van der Waals surface area contributed by atoms with Gasteiger partial charge in [-0.25, -0.2) is 0 Å². The van der Waals surface area contributed by atoms with Gasteiger partial charge in [0.05, 0.1) is 11.8 Å². The highest BCUT2D eigenvalue weighted by Gasteiger charge is 2.31. The average Bonchev–Trinajstić information content (AvgIpc) is 2.85. The summed E-state index contributed by atoms with van der Waals surface area (Å²) in [4.78, 5) is 11.7. The fourth-order valence-corrected chi connectivity index (χ4v) is 2.07. The first kappa shape index (κ1) is 11.1. The molecule has 0 unspecified atom stereocenters. The lowest BCUT2D eigenvalue weighted by Gasteiger charge is -2.22. The second-order valence-corrected chi connectivity index (χ2v) is 4.41. The number of hydrogen-bond donors (Lipinski definition) is 2. The van der Waals surface area contributed by atoms with E-state index in [9.17, 15) is 9.90 Å². The van der Waals surface area contributed by atoms with Crippen molar-refractivity contribution >= 4 is 5.91 Å². The van der Waals surface area contributed by atoms with E-state index in [1.807, 2.05) is 0 Å². The Balaban J connectivity index is 1.91. The molecule has 0 saturated heterocycles. The van der Waals surface area contributed by atoms with E-state index in [2.05, 4.69) is 10.5 Å². The molecule has 88 valence electrons. The van der Waals surface area contributed by atoms with Crippen LogP contribution >= 0.6 is 0 Å². The van der Waals surface area contributed by atoms with E-state index in [1.54, 1.807) is 6.92 Å². The number of carbonyl (C=O) groups excluding carboxylic acids is 1. The third-order valence-corrected chi connectivity index (χ3v) is 3.11.